The van der Waals surface area contributed by atoms with Gasteiger partial charge in [-0.15, -0.1) is 0 Å². The Bertz CT molecular complexity index is 326. The lowest BCUT2D eigenvalue weighted by molar-refractivity contribution is 0.195. The molecule has 1 atom stereocenters. The van der Waals surface area contributed by atoms with Gasteiger partial charge in [-0.2, -0.15) is 0 Å². The van der Waals surface area contributed by atoms with Crippen molar-refractivity contribution in [2.24, 2.45) is 0 Å². The molecule has 4 heteroatoms. The third-order valence-corrected chi connectivity index (χ3v) is 2.38. The summed E-state index contributed by atoms with van der Waals surface area (Å²) in [5, 5.41) is 9.18. The quantitative estimate of drug-likeness (QED) is 0.907. The molecule has 1 unspecified atom stereocenters. The molecular formula is C10H12BrFO2. The molecule has 78 valence electrons. The molecule has 0 bridgehead atoms. The van der Waals surface area contributed by atoms with E-state index in [0.717, 1.165) is 5.56 Å². The minimum atomic E-state index is -0.447. The van der Waals surface area contributed by atoms with Gasteiger partial charge in [0.15, 0.2) is 11.6 Å². The van der Waals surface area contributed by atoms with Crippen molar-refractivity contribution in [3.8, 4) is 5.75 Å². The summed E-state index contributed by atoms with van der Waals surface area (Å²) in [6.45, 7) is 1.68. The number of hydrogen-bond acceptors (Lipinski definition) is 2. The number of benzene rings is 1. The van der Waals surface area contributed by atoms with Crippen LogP contribution < -0.4 is 4.74 Å². The van der Waals surface area contributed by atoms with Crippen molar-refractivity contribution in [2.45, 2.75) is 19.4 Å². The molecule has 0 aromatic heterocycles. The minimum absolute atomic E-state index is 0.190. The average Bonchev–Trinajstić information content (AvgIpc) is 2.10. The first-order valence-electron chi connectivity index (χ1n) is 4.24. The second-order valence-corrected chi connectivity index (χ2v) is 4.00. The van der Waals surface area contributed by atoms with Crippen LogP contribution in [0.2, 0.25) is 0 Å². The topological polar surface area (TPSA) is 29.5 Å². The molecular weight excluding hydrogens is 251 g/mol. The molecule has 0 aliphatic carbocycles. The smallest absolute Gasteiger partial charge is 0.179 e. The molecule has 1 aromatic rings. The molecule has 0 saturated heterocycles. The fourth-order valence-corrected chi connectivity index (χ4v) is 1.71. The van der Waals surface area contributed by atoms with Gasteiger partial charge in [-0.1, -0.05) is 0 Å². The zero-order valence-corrected chi connectivity index (χ0v) is 9.64. The average molecular weight is 263 g/mol. The van der Waals surface area contributed by atoms with E-state index in [-0.39, 0.29) is 5.75 Å². The maximum absolute atomic E-state index is 13.3. The lowest BCUT2D eigenvalue weighted by Gasteiger charge is -2.09. The van der Waals surface area contributed by atoms with Crippen LogP contribution in [0.4, 0.5) is 4.39 Å². The molecule has 1 N–H and O–H groups in total. The summed E-state index contributed by atoms with van der Waals surface area (Å²) in [5.41, 5.74) is 0.838. The van der Waals surface area contributed by atoms with Crippen LogP contribution in [0, 0.1) is 5.82 Å². The van der Waals surface area contributed by atoms with Crippen molar-refractivity contribution in [2.75, 3.05) is 7.11 Å². The largest absolute Gasteiger partial charge is 0.494 e. The van der Waals surface area contributed by atoms with Crippen LogP contribution in [0.3, 0.4) is 0 Å². The molecule has 0 heterocycles. The number of halogens is 2. The van der Waals surface area contributed by atoms with Crippen LogP contribution >= 0.6 is 15.9 Å². The number of hydrogen-bond donors (Lipinski definition) is 1. The van der Waals surface area contributed by atoms with Crippen LogP contribution in [-0.4, -0.2) is 18.3 Å². The van der Waals surface area contributed by atoms with E-state index < -0.39 is 11.9 Å². The Kier molecular flexibility index (Phi) is 3.89. The van der Waals surface area contributed by atoms with Crippen molar-refractivity contribution < 1.29 is 14.2 Å². The van der Waals surface area contributed by atoms with Gasteiger partial charge in [-0.05, 0) is 47.0 Å². The molecule has 2 nitrogen and oxygen atoms in total. The molecule has 14 heavy (non-hydrogen) atoms. The lowest BCUT2D eigenvalue weighted by atomic mass is 10.1. The van der Waals surface area contributed by atoms with Crippen LogP contribution in [0.25, 0.3) is 0 Å². The number of aliphatic hydroxyl groups is 1. The highest BCUT2D eigenvalue weighted by Gasteiger charge is 2.10. The van der Waals surface area contributed by atoms with Gasteiger partial charge in [-0.25, -0.2) is 4.39 Å². The van der Waals surface area contributed by atoms with Crippen molar-refractivity contribution >= 4 is 15.9 Å². The van der Waals surface area contributed by atoms with Gasteiger partial charge in [0.1, 0.15) is 0 Å². The van der Waals surface area contributed by atoms with Gasteiger partial charge >= 0.3 is 0 Å². The highest BCUT2D eigenvalue weighted by molar-refractivity contribution is 9.10. The first-order valence-corrected chi connectivity index (χ1v) is 5.04. The fourth-order valence-electron chi connectivity index (χ4n) is 1.22. The Morgan fingerprint density at radius 3 is 2.71 bits per heavy atom. The number of ether oxygens (including phenoxy) is 1. The van der Waals surface area contributed by atoms with Crippen molar-refractivity contribution in [1.29, 1.82) is 0 Å². The summed E-state index contributed by atoms with van der Waals surface area (Å²) in [6, 6.07) is 3.23. The molecule has 0 radical (unpaired) electrons. The van der Waals surface area contributed by atoms with Crippen molar-refractivity contribution in [3.63, 3.8) is 0 Å². The summed E-state index contributed by atoms with van der Waals surface area (Å²) >= 11 is 3.09. The van der Waals surface area contributed by atoms with Gasteiger partial charge in [0, 0.05) is 0 Å². The van der Waals surface area contributed by atoms with E-state index in [9.17, 15) is 9.50 Å². The van der Waals surface area contributed by atoms with Gasteiger partial charge in [-0.3, -0.25) is 0 Å². The van der Waals surface area contributed by atoms with E-state index in [1.807, 2.05) is 0 Å². The fraction of sp³-hybridized carbons (Fsp3) is 0.400. The predicted molar refractivity (Wildman–Crippen MR) is 56.0 cm³/mol. The van der Waals surface area contributed by atoms with E-state index in [4.69, 9.17) is 4.74 Å². The first-order chi connectivity index (χ1) is 6.54. The van der Waals surface area contributed by atoms with Gasteiger partial charge in [0.25, 0.3) is 0 Å². The predicted octanol–water partition coefficient (Wildman–Crippen LogP) is 2.52. The van der Waals surface area contributed by atoms with Crippen molar-refractivity contribution in [1.82, 2.24) is 0 Å². The third kappa shape index (κ3) is 2.69. The zero-order chi connectivity index (χ0) is 10.7. The number of aliphatic hydroxyl groups excluding tert-OH is 1. The summed E-state index contributed by atoms with van der Waals surface area (Å²) in [6.07, 6.45) is 0.0342. The normalized spacial score (nSPS) is 12.6. The van der Waals surface area contributed by atoms with Gasteiger partial charge in [0.05, 0.1) is 17.7 Å². The molecule has 1 rings (SSSR count). The molecule has 0 saturated carbocycles. The Morgan fingerprint density at radius 2 is 2.21 bits per heavy atom. The van der Waals surface area contributed by atoms with E-state index in [1.165, 1.54) is 7.11 Å². The van der Waals surface area contributed by atoms with E-state index in [0.29, 0.717) is 10.9 Å². The Labute approximate surface area is 90.8 Å². The van der Waals surface area contributed by atoms with E-state index in [1.54, 1.807) is 19.1 Å². The molecule has 0 aliphatic rings. The van der Waals surface area contributed by atoms with Crippen molar-refractivity contribution in [3.05, 3.63) is 28.0 Å². The van der Waals surface area contributed by atoms with Crippen LogP contribution in [0.1, 0.15) is 12.5 Å². The monoisotopic (exact) mass is 262 g/mol. The molecule has 0 fully saturated rings. The lowest BCUT2D eigenvalue weighted by Crippen LogP contribution is -2.05. The first kappa shape index (κ1) is 11.5. The second kappa shape index (κ2) is 4.75. The van der Waals surface area contributed by atoms with Crippen LogP contribution in [0.5, 0.6) is 5.75 Å². The Morgan fingerprint density at radius 1 is 1.57 bits per heavy atom. The highest BCUT2D eigenvalue weighted by Crippen LogP contribution is 2.27. The molecule has 0 aliphatic heterocycles. The summed E-state index contributed by atoms with van der Waals surface area (Å²) in [5.74, 6) is -0.225. The number of rotatable bonds is 3. The van der Waals surface area contributed by atoms with Gasteiger partial charge in [0.2, 0.25) is 0 Å². The Hall–Kier alpha value is -0.610. The third-order valence-electron chi connectivity index (χ3n) is 1.81. The second-order valence-electron chi connectivity index (χ2n) is 3.15. The summed E-state index contributed by atoms with van der Waals surface area (Å²) in [4.78, 5) is 0. The standard InChI is InChI=1S/C10H12BrFO2/c1-6(13)3-7-4-8(11)10(12)9(5-7)14-2/h4-6,13H,3H2,1-2H3. The van der Waals surface area contributed by atoms with Crippen LogP contribution in [0.15, 0.2) is 16.6 Å². The van der Waals surface area contributed by atoms with E-state index >= 15 is 0 Å². The Balaban J connectivity index is 3.03. The summed E-state index contributed by atoms with van der Waals surface area (Å²) < 4.78 is 18.5. The number of methoxy groups -OCH3 is 1. The maximum atomic E-state index is 13.3. The SMILES string of the molecule is COc1cc(CC(C)O)cc(Br)c1F. The van der Waals surface area contributed by atoms with Gasteiger partial charge < -0.3 is 9.84 Å². The van der Waals surface area contributed by atoms with Crippen LogP contribution in [-0.2, 0) is 6.42 Å². The molecule has 0 amide bonds. The maximum Gasteiger partial charge on any atom is 0.179 e. The van der Waals surface area contributed by atoms with E-state index in [2.05, 4.69) is 15.9 Å². The highest BCUT2D eigenvalue weighted by atomic mass is 79.9. The molecule has 0 spiro atoms. The zero-order valence-electron chi connectivity index (χ0n) is 8.05. The summed E-state index contributed by atoms with van der Waals surface area (Å²) in [7, 11) is 1.41. The molecule has 1 aromatic carbocycles. The minimum Gasteiger partial charge on any atom is -0.494 e.